The molecule has 2 nitrogen and oxygen atoms in total. The number of aliphatic hydroxyl groups excluding tert-OH is 1. The van der Waals surface area contributed by atoms with Crippen molar-refractivity contribution < 1.29 is 9.84 Å². The lowest BCUT2D eigenvalue weighted by molar-refractivity contribution is 0.0420. The van der Waals surface area contributed by atoms with Crippen LogP contribution in [0.3, 0.4) is 0 Å². The number of rotatable bonds is 10. The second-order valence-corrected chi connectivity index (χ2v) is 7.44. The zero-order valence-electron chi connectivity index (χ0n) is 15.9. The fourth-order valence-electron chi connectivity index (χ4n) is 3.97. The smallest absolute Gasteiger partial charge is 0.119 e. The van der Waals surface area contributed by atoms with Gasteiger partial charge in [-0.15, -0.1) is 0 Å². The van der Waals surface area contributed by atoms with Gasteiger partial charge in [0.1, 0.15) is 5.75 Å². The molecule has 0 aliphatic carbocycles. The van der Waals surface area contributed by atoms with Gasteiger partial charge in [-0.1, -0.05) is 39.8 Å². The van der Waals surface area contributed by atoms with Crippen LogP contribution in [0.5, 0.6) is 5.75 Å². The molecule has 1 aromatic rings. The molecule has 0 amide bonds. The van der Waals surface area contributed by atoms with Crippen LogP contribution in [-0.2, 0) is 6.42 Å². The molecule has 0 radical (unpaired) electrons. The van der Waals surface area contributed by atoms with E-state index in [1.54, 1.807) is 0 Å². The van der Waals surface area contributed by atoms with Crippen LogP contribution >= 0.6 is 0 Å². The summed E-state index contributed by atoms with van der Waals surface area (Å²) in [4.78, 5) is 0. The molecule has 0 unspecified atom stereocenters. The maximum atomic E-state index is 10.3. The minimum atomic E-state index is -0.231. The third kappa shape index (κ3) is 6.55. The van der Waals surface area contributed by atoms with E-state index in [9.17, 15) is 5.11 Å². The van der Waals surface area contributed by atoms with Crippen LogP contribution in [0.25, 0.3) is 0 Å². The lowest BCUT2D eigenvalue weighted by Crippen LogP contribution is -2.32. The molecule has 0 saturated heterocycles. The number of benzene rings is 1. The van der Waals surface area contributed by atoms with Crippen LogP contribution in [0, 0.1) is 23.7 Å². The highest BCUT2D eigenvalue weighted by atomic mass is 16.5. The number of aliphatic hydroxyl groups is 1. The topological polar surface area (TPSA) is 29.5 Å². The molecular weight excluding hydrogens is 284 g/mol. The first-order valence-corrected chi connectivity index (χ1v) is 9.26. The molecule has 23 heavy (non-hydrogen) atoms. The first-order valence-electron chi connectivity index (χ1n) is 9.26. The normalized spacial score (nSPS) is 14.5. The highest BCUT2D eigenvalue weighted by molar-refractivity contribution is 5.27. The molecule has 1 N–H and O–H groups in total. The summed E-state index contributed by atoms with van der Waals surface area (Å²) in [6.45, 7) is 13.8. The summed E-state index contributed by atoms with van der Waals surface area (Å²) in [5.74, 6) is 3.13. The second-order valence-electron chi connectivity index (χ2n) is 7.44. The Kier molecular flexibility index (Phi) is 8.68. The average Bonchev–Trinajstić information content (AvgIpc) is 2.47. The highest BCUT2D eigenvalue weighted by Crippen LogP contribution is 2.34. The standard InChI is InChI=1S/C21H36O2/c1-7-23-19-13-11-18(12-14-19)9-8-10-20(17(6)22)21(15(2)3)16(4)5/h11-17,20-22H,7-10H2,1-6H3/t17-,20+/m0/s1. The Bertz CT molecular complexity index is 412. The Morgan fingerprint density at radius 3 is 1.96 bits per heavy atom. The van der Waals surface area contributed by atoms with Crippen LogP contribution in [0.4, 0.5) is 0 Å². The van der Waals surface area contributed by atoms with Gasteiger partial charge in [-0.05, 0) is 74.5 Å². The molecule has 1 aromatic carbocycles. The summed E-state index contributed by atoms with van der Waals surface area (Å²) >= 11 is 0. The lowest BCUT2D eigenvalue weighted by Gasteiger charge is -2.35. The van der Waals surface area contributed by atoms with Crippen molar-refractivity contribution >= 4 is 0 Å². The molecular formula is C21H36O2. The molecule has 0 spiro atoms. The monoisotopic (exact) mass is 320 g/mol. The van der Waals surface area contributed by atoms with Gasteiger partial charge in [-0.2, -0.15) is 0 Å². The molecule has 0 saturated carbocycles. The van der Waals surface area contributed by atoms with E-state index in [4.69, 9.17) is 4.74 Å². The van der Waals surface area contributed by atoms with Crippen LogP contribution in [0.15, 0.2) is 24.3 Å². The van der Waals surface area contributed by atoms with Gasteiger partial charge < -0.3 is 9.84 Å². The first-order chi connectivity index (χ1) is 10.9. The third-order valence-corrected chi connectivity index (χ3v) is 4.89. The van der Waals surface area contributed by atoms with E-state index >= 15 is 0 Å². The van der Waals surface area contributed by atoms with Crippen LogP contribution in [0.2, 0.25) is 0 Å². The number of hydrogen-bond acceptors (Lipinski definition) is 2. The summed E-state index contributed by atoms with van der Waals surface area (Å²) in [7, 11) is 0. The van der Waals surface area contributed by atoms with E-state index in [0.29, 0.717) is 30.3 Å². The van der Waals surface area contributed by atoms with Gasteiger partial charge in [0.15, 0.2) is 0 Å². The molecule has 2 heteroatoms. The van der Waals surface area contributed by atoms with Crippen LogP contribution in [-0.4, -0.2) is 17.8 Å². The van der Waals surface area contributed by atoms with Gasteiger partial charge in [0, 0.05) is 0 Å². The average molecular weight is 321 g/mol. The summed E-state index contributed by atoms with van der Waals surface area (Å²) in [5, 5.41) is 10.3. The van der Waals surface area contributed by atoms with E-state index in [0.717, 1.165) is 25.0 Å². The fourth-order valence-corrected chi connectivity index (χ4v) is 3.97. The largest absolute Gasteiger partial charge is 0.494 e. The van der Waals surface area contributed by atoms with Gasteiger partial charge in [0.05, 0.1) is 12.7 Å². The molecule has 0 aliphatic rings. The Hall–Kier alpha value is -1.02. The number of ether oxygens (including phenoxy) is 1. The van der Waals surface area contributed by atoms with Gasteiger partial charge in [-0.25, -0.2) is 0 Å². The van der Waals surface area contributed by atoms with Gasteiger partial charge in [0.25, 0.3) is 0 Å². The van der Waals surface area contributed by atoms with Gasteiger partial charge >= 0.3 is 0 Å². The quantitative estimate of drug-likeness (QED) is 0.631. The van der Waals surface area contributed by atoms with Crippen LogP contribution < -0.4 is 4.74 Å². The van der Waals surface area contributed by atoms with Crippen molar-refractivity contribution in [1.82, 2.24) is 0 Å². The highest BCUT2D eigenvalue weighted by Gasteiger charge is 2.30. The minimum Gasteiger partial charge on any atom is -0.494 e. The molecule has 1 rings (SSSR count). The molecule has 0 fully saturated rings. The van der Waals surface area contributed by atoms with E-state index in [1.165, 1.54) is 5.56 Å². The van der Waals surface area contributed by atoms with Crippen LogP contribution in [0.1, 0.15) is 59.9 Å². The summed E-state index contributed by atoms with van der Waals surface area (Å²) < 4.78 is 5.49. The van der Waals surface area contributed by atoms with Crippen molar-refractivity contribution in [1.29, 1.82) is 0 Å². The van der Waals surface area contributed by atoms with Crippen molar-refractivity contribution in [2.75, 3.05) is 6.61 Å². The van der Waals surface area contributed by atoms with E-state index in [1.807, 2.05) is 13.8 Å². The van der Waals surface area contributed by atoms with Crippen molar-refractivity contribution in [3.05, 3.63) is 29.8 Å². The molecule has 2 atom stereocenters. The van der Waals surface area contributed by atoms with Gasteiger partial charge in [-0.3, -0.25) is 0 Å². The van der Waals surface area contributed by atoms with Crippen molar-refractivity contribution in [2.24, 2.45) is 23.7 Å². The lowest BCUT2D eigenvalue weighted by atomic mass is 9.72. The van der Waals surface area contributed by atoms with E-state index in [2.05, 4.69) is 52.0 Å². The van der Waals surface area contributed by atoms with E-state index < -0.39 is 0 Å². The summed E-state index contributed by atoms with van der Waals surface area (Å²) in [6, 6.07) is 8.42. The predicted molar refractivity (Wildman–Crippen MR) is 98.9 cm³/mol. The fraction of sp³-hybridized carbons (Fsp3) is 0.714. The predicted octanol–water partition coefficient (Wildman–Crippen LogP) is 5.33. The Morgan fingerprint density at radius 2 is 1.52 bits per heavy atom. The maximum Gasteiger partial charge on any atom is 0.119 e. The number of hydrogen-bond donors (Lipinski definition) is 1. The van der Waals surface area contributed by atoms with E-state index in [-0.39, 0.29) is 6.10 Å². The zero-order chi connectivity index (χ0) is 17.4. The molecule has 0 aromatic heterocycles. The SMILES string of the molecule is CCOc1ccc(CCC[C@@H](C(C(C)C)C(C)C)[C@H](C)O)cc1. The third-order valence-electron chi connectivity index (χ3n) is 4.89. The molecule has 0 heterocycles. The molecule has 0 aliphatic heterocycles. The zero-order valence-corrected chi connectivity index (χ0v) is 15.9. The van der Waals surface area contributed by atoms with Crippen molar-refractivity contribution in [3.63, 3.8) is 0 Å². The van der Waals surface area contributed by atoms with Crippen molar-refractivity contribution in [2.45, 2.75) is 66.9 Å². The summed E-state index contributed by atoms with van der Waals surface area (Å²) in [5.41, 5.74) is 1.35. The Balaban J connectivity index is 2.58. The maximum absolute atomic E-state index is 10.3. The second kappa shape index (κ2) is 9.97. The summed E-state index contributed by atoms with van der Waals surface area (Å²) in [6.07, 6.45) is 3.05. The Labute approximate surface area is 143 Å². The minimum absolute atomic E-state index is 0.231. The first kappa shape index (κ1) is 20.0. The molecule has 132 valence electrons. The Morgan fingerprint density at radius 1 is 0.957 bits per heavy atom. The molecule has 0 bridgehead atoms. The van der Waals surface area contributed by atoms with Gasteiger partial charge in [0.2, 0.25) is 0 Å². The number of aryl methyl sites for hydroxylation is 1. The van der Waals surface area contributed by atoms with Crippen molar-refractivity contribution in [3.8, 4) is 5.75 Å².